The number of Topliss-reactive ketones (excluding diaryl/α,β-unsaturated/α-hetero) is 1. The lowest BCUT2D eigenvalue weighted by Gasteiger charge is -2.26. The van der Waals surface area contributed by atoms with Crippen LogP contribution in [0.2, 0.25) is 0 Å². The Hall–Kier alpha value is -4.52. The Balaban J connectivity index is 1.59. The summed E-state index contributed by atoms with van der Waals surface area (Å²) in [5, 5.41) is 22.6. The Labute approximate surface area is 214 Å². The summed E-state index contributed by atoms with van der Waals surface area (Å²) in [5.74, 6) is -1.45. The van der Waals surface area contributed by atoms with Crippen molar-refractivity contribution in [3.05, 3.63) is 101 Å². The second-order valence-electron chi connectivity index (χ2n) is 9.13. The van der Waals surface area contributed by atoms with Crippen molar-refractivity contribution >= 4 is 28.4 Å². The number of carbonyl (C=O) groups excluding carboxylic acids is 2. The SMILES string of the molecule is CCOc1cc(C2/C(=C(/O)c3ccc(C)cc3)C(=O)C(=O)N2CCc2c[nH]c3ccccc23)ccc1O. The number of ketones is 1. The molecule has 0 bridgehead atoms. The van der Waals surface area contributed by atoms with Crippen LogP contribution >= 0.6 is 0 Å². The smallest absolute Gasteiger partial charge is 0.295 e. The molecular formula is C30H28N2O5. The number of para-hydroxylation sites is 1. The van der Waals surface area contributed by atoms with Crippen LogP contribution in [0.3, 0.4) is 0 Å². The number of phenolic OH excluding ortho intramolecular Hbond substituents is 1. The van der Waals surface area contributed by atoms with Gasteiger partial charge in [-0.15, -0.1) is 0 Å². The number of hydrogen-bond donors (Lipinski definition) is 3. The maximum Gasteiger partial charge on any atom is 0.295 e. The highest BCUT2D eigenvalue weighted by Gasteiger charge is 2.46. The topological polar surface area (TPSA) is 103 Å². The number of aliphatic hydroxyl groups is 1. The van der Waals surface area contributed by atoms with Gasteiger partial charge < -0.3 is 24.8 Å². The number of phenols is 1. The fourth-order valence-electron chi connectivity index (χ4n) is 4.88. The van der Waals surface area contributed by atoms with E-state index in [9.17, 15) is 19.8 Å². The molecule has 1 aromatic heterocycles. The monoisotopic (exact) mass is 496 g/mol. The number of amides is 1. The third kappa shape index (κ3) is 4.44. The number of hydrogen-bond acceptors (Lipinski definition) is 5. The van der Waals surface area contributed by atoms with Crippen molar-refractivity contribution in [3.63, 3.8) is 0 Å². The zero-order valence-electron chi connectivity index (χ0n) is 20.7. The molecule has 37 heavy (non-hydrogen) atoms. The van der Waals surface area contributed by atoms with Gasteiger partial charge in [-0.2, -0.15) is 0 Å². The van der Waals surface area contributed by atoms with E-state index in [0.29, 0.717) is 24.2 Å². The average Bonchev–Trinajstić information content (AvgIpc) is 3.42. The molecule has 1 aliphatic heterocycles. The number of aryl methyl sites for hydroxylation is 1. The molecule has 1 amide bonds. The molecule has 0 radical (unpaired) electrons. The summed E-state index contributed by atoms with van der Waals surface area (Å²) >= 11 is 0. The van der Waals surface area contributed by atoms with Gasteiger partial charge in [0, 0.05) is 29.2 Å². The predicted molar refractivity (Wildman–Crippen MR) is 141 cm³/mol. The van der Waals surface area contributed by atoms with Crippen molar-refractivity contribution in [2.24, 2.45) is 0 Å². The molecule has 5 rings (SSSR count). The summed E-state index contributed by atoms with van der Waals surface area (Å²) in [6.45, 7) is 4.32. The Kier molecular flexibility index (Phi) is 6.44. The molecule has 2 heterocycles. The van der Waals surface area contributed by atoms with Gasteiger partial charge in [0.05, 0.1) is 18.2 Å². The summed E-state index contributed by atoms with van der Waals surface area (Å²) in [6, 6.07) is 18.9. The van der Waals surface area contributed by atoms with Gasteiger partial charge in [-0.3, -0.25) is 9.59 Å². The summed E-state index contributed by atoms with van der Waals surface area (Å²) in [4.78, 5) is 31.4. The van der Waals surface area contributed by atoms with Gasteiger partial charge >= 0.3 is 0 Å². The first-order valence-corrected chi connectivity index (χ1v) is 12.2. The number of likely N-dealkylation sites (tertiary alicyclic amines) is 1. The number of aromatic hydroxyl groups is 1. The molecule has 1 fully saturated rings. The summed E-state index contributed by atoms with van der Waals surface area (Å²) in [5.41, 5.74) is 4.06. The Morgan fingerprint density at radius 2 is 1.81 bits per heavy atom. The molecule has 4 aromatic rings. The van der Waals surface area contributed by atoms with Crippen LogP contribution in [0.1, 0.15) is 35.2 Å². The molecule has 188 valence electrons. The van der Waals surface area contributed by atoms with Crippen molar-refractivity contribution in [2.75, 3.05) is 13.2 Å². The second kappa shape index (κ2) is 9.85. The minimum atomic E-state index is -0.841. The molecule has 1 unspecified atom stereocenters. The number of fused-ring (bicyclic) bond motifs is 1. The Morgan fingerprint density at radius 1 is 1.05 bits per heavy atom. The molecular weight excluding hydrogens is 468 g/mol. The summed E-state index contributed by atoms with van der Waals surface area (Å²) < 4.78 is 5.57. The van der Waals surface area contributed by atoms with E-state index in [0.717, 1.165) is 22.0 Å². The van der Waals surface area contributed by atoms with Crippen LogP contribution in [0.25, 0.3) is 16.7 Å². The molecule has 3 N–H and O–H groups in total. The van der Waals surface area contributed by atoms with Gasteiger partial charge in [0.15, 0.2) is 11.5 Å². The minimum absolute atomic E-state index is 0.0147. The molecule has 0 aliphatic carbocycles. The normalized spacial score (nSPS) is 17.0. The standard InChI is InChI=1S/C30H28N2O5/c1-3-37-25-16-20(12-13-24(25)33)27-26(28(34)19-10-8-18(2)9-11-19)29(35)30(36)32(27)15-14-21-17-31-23-7-5-4-6-22(21)23/h4-13,16-17,27,31,33-34H,3,14-15H2,1-2H3/b28-26-. The van der Waals surface area contributed by atoms with Crippen molar-refractivity contribution in [3.8, 4) is 11.5 Å². The first-order valence-electron chi connectivity index (χ1n) is 12.2. The van der Waals surface area contributed by atoms with Crippen molar-refractivity contribution in [2.45, 2.75) is 26.3 Å². The molecule has 7 heteroatoms. The molecule has 7 nitrogen and oxygen atoms in total. The van der Waals surface area contributed by atoms with Crippen LogP contribution in [-0.4, -0.2) is 44.9 Å². The molecule has 1 atom stereocenters. The van der Waals surface area contributed by atoms with Crippen LogP contribution in [0.15, 0.2) is 78.5 Å². The minimum Gasteiger partial charge on any atom is -0.507 e. The lowest BCUT2D eigenvalue weighted by Crippen LogP contribution is -2.31. The molecule has 1 saturated heterocycles. The zero-order chi connectivity index (χ0) is 26.1. The number of nitrogens with one attached hydrogen (secondary N) is 1. The zero-order valence-corrected chi connectivity index (χ0v) is 20.7. The first kappa shape index (κ1) is 24.2. The number of rotatable bonds is 7. The molecule has 0 saturated carbocycles. The highest BCUT2D eigenvalue weighted by Crippen LogP contribution is 2.42. The maximum absolute atomic E-state index is 13.3. The van der Waals surface area contributed by atoms with Gasteiger partial charge in [-0.05, 0) is 49.6 Å². The van der Waals surface area contributed by atoms with Crippen LogP contribution < -0.4 is 4.74 Å². The molecule has 1 aliphatic rings. The number of aliphatic hydroxyl groups excluding tert-OH is 1. The fourth-order valence-corrected chi connectivity index (χ4v) is 4.88. The number of ether oxygens (including phenoxy) is 1. The number of aromatic nitrogens is 1. The largest absolute Gasteiger partial charge is 0.507 e. The van der Waals surface area contributed by atoms with Gasteiger partial charge in [0.2, 0.25) is 0 Å². The number of nitrogens with zero attached hydrogens (tertiary/aromatic N) is 1. The van der Waals surface area contributed by atoms with Crippen molar-refractivity contribution < 1.29 is 24.5 Å². The molecule has 0 spiro atoms. The third-order valence-corrected chi connectivity index (χ3v) is 6.76. The fraction of sp³-hybridized carbons (Fsp3) is 0.200. The van der Waals surface area contributed by atoms with E-state index in [2.05, 4.69) is 4.98 Å². The number of carbonyl (C=O) groups is 2. The second-order valence-corrected chi connectivity index (χ2v) is 9.13. The van der Waals surface area contributed by atoms with Crippen molar-refractivity contribution in [1.29, 1.82) is 0 Å². The van der Waals surface area contributed by atoms with Gasteiger partial charge in [0.25, 0.3) is 11.7 Å². The van der Waals surface area contributed by atoms with E-state index >= 15 is 0 Å². The number of benzene rings is 3. The van der Waals surface area contributed by atoms with Crippen LogP contribution in [0.4, 0.5) is 0 Å². The van der Waals surface area contributed by atoms with E-state index in [1.165, 1.54) is 11.0 Å². The van der Waals surface area contributed by atoms with E-state index < -0.39 is 17.7 Å². The third-order valence-electron chi connectivity index (χ3n) is 6.76. The first-order chi connectivity index (χ1) is 17.9. The van der Waals surface area contributed by atoms with E-state index in [4.69, 9.17) is 4.74 Å². The highest BCUT2D eigenvalue weighted by atomic mass is 16.5. The van der Waals surface area contributed by atoms with Gasteiger partial charge in [-0.25, -0.2) is 0 Å². The maximum atomic E-state index is 13.3. The highest BCUT2D eigenvalue weighted by molar-refractivity contribution is 6.46. The number of H-pyrrole nitrogens is 1. The van der Waals surface area contributed by atoms with Crippen LogP contribution in [0.5, 0.6) is 11.5 Å². The molecule has 3 aromatic carbocycles. The Bertz CT molecular complexity index is 1520. The van der Waals surface area contributed by atoms with Crippen molar-refractivity contribution in [1.82, 2.24) is 9.88 Å². The van der Waals surface area contributed by atoms with E-state index in [1.807, 2.05) is 49.5 Å². The lowest BCUT2D eigenvalue weighted by atomic mass is 9.94. The van der Waals surface area contributed by atoms with Crippen LogP contribution in [-0.2, 0) is 16.0 Å². The summed E-state index contributed by atoms with van der Waals surface area (Å²) in [6.07, 6.45) is 2.42. The average molecular weight is 497 g/mol. The van der Waals surface area contributed by atoms with Gasteiger partial charge in [-0.1, -0.05) is 54.1 Å². The quantitative estimate of drug-likeness (QED) is 0.184. The van der Waals surface area contributed by atoms with Crippen LogP contribution in [0, 0.1) is 6.92 Å². The lowest BCUT2D eigenvalue weighted by molar-refractivity contribution is -0.139. The van der Waals surface area contributed by atoms with Gasteiger partial charge in [0.1, 0.15) is 5.76 Å². The number of aromatic amines is 1. The summed E-state index contributed by atoms with van der Waals surface area (Å²) in [7, 11) is 0. The van der Waals surface area contributed by atoms with E-state index in [1.54, 1.807) is 31.2 Å². The van der Waals surface area contributed by atoms with E-state index in [-0.39, 0.29) is 29.4 Å². The predicted octanol–water partition coefficient (Wildman–Crippen LogP) is 5.25. The Morgan fingerprint density at radius 3 is 2.57 bits per heavy atom.